The molecule has 0 amide bonds. The Hall–Kier alpha value is -2.21. The molecule has 102 valence electrons. The van der Waals surface area contributed by atoms with Gasteiger partial charge in [0.2, 0.25) is 0 Å². The van der Waals surface area contributed by atoms with Crippen LogP contribution in [-0.4, -0.2) is 22.7 Å². The molecule has 1 aromatic carbocycles. The van der Waals surface area contributed by atoms with Crippen molar-refractivity contribution < 1.29 is 20.3 Å². The van der Waals surface area contributed by atoms with Gasteiger partial charge < -0.3 is 15.5 Å². The van der Waals surface area contributed by atoms with Gasteiger partial charge >= 0.3 is 5.97 Å². The molecular weight excluding hydrogens is 246 g/mol. The fourth-order valence-corrected chi connectivity index (χ4v) is 1.70. The minimum absolute atomic E-state index is 0.138. The van der Waals surface area contributed by atoms with Gasteiger partial charge in [-0.25, -0.2) is 5.53 Å². The van der Waals surface area contributed by atoms with Crippen molar-refractivity contribution in [3.8, 4) is 5.75 Å². The van der Waals surface area contributed by atoms with Gasteiger partial charge in [-0.1, -0.05) is 12.1 Å². The zero-order valence-corrected chi connectivity index (χ0v) is 10.5. The van der Waals surface area contributed by atoms with E-state index in [1.54, 1.807) is 24.3 Å². The summed E-state index contributed by atoms with van der Waals surface area (Å²) in [6.07, 6.45) is 2.88. The van der Waals surface area contributed by atoms with Crippen LogP contribution in [0.4, 0.5) is 0 Å². The lowest BCUT2D eigenvalue weighted by Gasteiger charge is -2.06. The van der Waals surface area contributed by atoms with E-state index in [0.29, 0.717) is 24.2 Å². The van der Waals surface area contributed by atoms with Crippen LogP contribution in [0.25, 0.3) is 5.70 Å². The lowest BCUT2D eigenvalue weighted by molar-refractivity contribution is -0.563. The number of quaternary nitrogens is 1. The van der Waals surface area contributed by atoms with Crippen LogP contribution < -0.4 is 5.32 Å². The first-order valence-electron chi connectivity index (χ1n) is 6.05. The maximum Gasteiger partial charge on any atom is 0.303 e. The number of benzene rings is 1. The Kier molecular flexibility index (Phi) is 6.25. The zero-order valence-electron chi connectivity index (χ0n) is 10.5. The lowest BCUT2D eigenvalue weighted by Crippen LogP contribution is -2.81. The van der Waals surface area contributed by atoms with Gasteiger partial charge in [0.05, 0.1) is 12.1 Å². The Morgan fingerprint density at radius 2 is 2.11 bits per heavy atom. The molecule has 1 aromatic rings. The molecule has 0 aliphatic heterocycles. The number of carboxylic acids is 1. The molecule has 0 saturated heterocycles. The molecule has 0 aliphatic carbocycles. The fourth-order valence-electron chi connectivity index (χ4n) is 1.70. The number of para-hydroxylation sites is 1. The van der Waals surface area contributed by atoms with E-state index in [1.165, 1.54) is 6.20 Å². The highest BCUT2D eigenvalue weighted by atomic mass is 16.4. The largest absolute Gasteiger partial charge is 0.507 e. The Bertz CT molecular complexity index is 472. The molecule has 6 nitrogen and oxygen atoms in total. The number of hydrogen-bond acceptors (Lipinski definition) is 4. The average molecular weight is 264 g/mol. The van der Waals surface area contributed by atoms with E-state index >= 15 is 0 Å². The van der Waals surface area contributed by atoms with Gasteiger partial charge in [0.15, 0.2) is 5.70 Å². The summed E-state index contributed by atoms with van der Waals surface area (Å²) < 4.78 is 0. The van der Waals surface area contributed by atoms with E-state index in [4.69, 9.17) is 10.6 Å². The molecular formula is C13H18N3O3+. The van der Waals surface area contributed by atoms with Crippen LogP contribution in [0, 0.1) is 5.53 Å². The lowest BCUT2D eigenvalue weighted by atomic mass is 10.1. The molecule has 5 N–H and O–H groups in total. The van der Waals surface area contributed by atoms with Crippen molar-refractivity contribution in [1.29, 1.82) is 5.53 Å². The minimum atomic E-state index is -0.794. The molecule has 0 atom stereocenters. The molecule has 0 aromatic heterocycles. The second kappa shape index (κ2) is 7.99. The summed E-state index contributed by atoms with van der Waals surface area (Å²) in [6, 6.07) is 6.84. The van der Waals surface area contributed by atoms with Crippen LogP contribution in [0.2, 0.25) is 0 Å². The standard InChI is InChI=1S/C13H17N3O3/c14-16-9-11(10-5-1-2-6-12(10)17)15-8-4-3-7-13(18)19/h1-2,5-6,9,14-15,17H,3-4,7-8H2,(H,18,19)/p+1/b11-9-,16-14?. The normalized spacial score (nSPS) is 11.3. The molecule has 1 rings (SSSR count). The summed E-state index contributed by atoms with van der Waals surface area (Å²) in [5.74, 6) is -0.656. The first kappa shape index (κ1) is 14.8. The number of hydrogen-bond donors (Lipinski definition) is 4. The molecule has 19 heavy (non-hydrogen) atoms. The fraction of sp³-hybridized carbons (Fsp3) is 0.308. The Balaban J connectivity index is 2.56. The molecule has 0 aliphatic rings. The summed E-state index contributed by atoms with van der Waals surface area (Å²) in [5.41, 5.74) is 8.19. The number of rotatable bonds is 8. The number of phenolic OH excluding ortho intramolecular Hbond substituents is 1. The predicted molar refractivity (Wildman–Crippen MR) is 69.5 cm³/mol. The van der Waals surface area contributed by atoms with Crippen LogP contribution in [-0.2, 0) is 4.79 Å². The van der Waals surface area contributed by atoms with Crippen molar-refractivity contribution in [3.05, 3.63) is 36.0 Å². The number of nitrogens with two attached hydrogens (primary N) is 1. The third-order valence-corrected chi connectivity index (χ3v) is 2.63. The zero-order chi connectivity index (χ0) is 14.1. The third kappa shape index (κ3) is 5.31. The topological polar surface area (TPSA) is 110 Å². The summed E-state index contributed by atoms with van der Waals surface area (Å²) in [5, 5.41) is 23.4. The maximum absolute atomic E-state index is 10.4. The summed E-state index contributed by atoms with van der Waals surface area (Å²) in [4.78, 5) is 10.4. The van der Waals surface area contributed by atoms with Gasteiger partial charge in [-0.2, -0.15) is 5.11 Å². The molecule has 0 saturated carbocycles. The van der Waals surface area contributed by atoms with Gasteiger partial charge in [-0.3, -0.25) is 4.79 Å². The van der Waals surface area contributed by atoms with E-state index in [0.717, 1.165) is 6.42 Å². The second-order valence-electron chi connectivity index (χ2n) is 4.07. The molecule has 0 unspecified atom stereocenters. The van der Waals surface area contributed by atoms with Gasteiger partial charge in [0.25, 0.3) is 0 Å². The van der Waals surface area contributed by atoms with Crippen molar-refractivity contribution in [2.75, 3.05) is 6.54 Å². The number of nitrogens with zero attached hydrogens (tertiary/aromatic N) is 1. The van der Waals surface area contributed by atoms with E-state index in [9.17, 15) is 9.90 Å². The SMILES string of the molecule is N=N/C=C(\[NH2+]CCCCC(=O)O)c1ccccc1O. The maximum atomic E-state index is 10.4. The van der Waals surface area contributed by atoms with Crippen LogP contribution in [0.1, 0.15) is 24.8 Å². The highest BCUT2D eigenvalue weighted by molar-refractivity contribution is 5.66. The Morgan fingerprint density at radius 3 is 2.74 bits per heavy atom. The van der Waals surface area contributed by atoms with Gasteiger partial charge in [-0.15, -0.1) is 0 Å². The van der Waals surface area contributed by atoms with Gasteiger partial charge in [0, 0.05) is 6.42 Å². The van der Waals surface area contributed by atoms with Crippen molar-refractivity contribution in [3.63, 3.8) is 0 Å². The number of carboxylic acid groups (broad SMARTS) is 1. The van der Waals surface area contributed by atoms with Crippen LogP contribution >= 0.6 is 0 Å². The quantitative estimate of drug-likeness (QED) is 0.422. The highest BCUT2D eigenvalue weighted by Crippen LogP contribution is 2.20. The number of aliphatic carboxylic acids is 1. The van der Waals surface area contributed by atoms with Crippen molar-refractivity contribution in [2.45, 2.75) is 19.3 Å². The van der Waals surface area contributed by atoms with Crippen molar-refractivity contribution in [2.24, 2.45) is 5.11 Å². The summed E-state index contributed by atoms with van der Waals surface area (Å²) >= 11 is 0. The number of carbonyl (C=O) groups is 1. The van der Waals surface area contributed by atoms with Crippen LogP contribution in [0.5, 0.6) is 5.75 Å². The molecule has 0 radical (unpaired) electrons. The number of aromatic hydroxyl groups is 1. The predicted octanol–water partition coefficient (Wildman–Crippen LogP) is 1.54. The molecule has 0 spiro atoms. The van der Waals surface area contributed by atoms with Crippen molar-refractivity contribution in [1.82, 2.24) is 0 Å². The Labute approximate surface area is 111 Å². The number of nitrogens with one attached hydrogen (secondary N) is 1. The molecule has 0 heterocycles. The monoisotopic (exact) mass is 264 g/mol. The van der Waals surface area contributed by atoms with E-state index in [1.807, 2.05) is 5.32 Å². The van der Waals surface area contributed by atoms with Crippen LogP contribution in [0.15, 0.2) is 35.6 Å². The first-order chi connectivity index (χ1) is 9.15. The first-order valence-corrected chi connectivity index (χ1v) is 6.05. The van der Waals surface area contributed by atoms with Gasteiger partial charge in [0.1, 0.15) is 11.9 Å². The molecule has 0 bridgehead atoms. The van der Waals surface area contributed by atoms with E-state index in [2.05, 4.69) is 5.11 Å². The van der Waals surface area contributed by atoms with Gasteiger partial charge in [-0.05, 0) is 25.0 Å². The number of unbranched alkanes of at least 4 members (excludes halogenated alkanes) is 1. The molecule has 6 heteroatoms. The second-order valence-corrected chi connectivity index (χ2v) is 4.07. The highest BCUT2D eigenvalue weighted by Gasteiger charge is 2.10. The number of phenols is 1. The average Bonchev–Trinajstić information content (AvgIpc) is 2.37. The van der Waals surface area contributed by atoms with E-state index < -0.39 is 5.97 Å². The van der Waals surface area contributed by atoms with E-state index in [-0.39, 0.29) is 12.2 Å². The third-order valence-electron chi connectivity index (χ3n) is 2.63. The Morgan fingerprint density at radius 1 is 1.37 bits per heavy atom. The summed E-state index contributed by atoms with van der Waals surface area (Å²) in [7, 11) is 0. The molecule has 0 fully saturated rings. The summed E-state index contributed by atoms with van der Waals surface area (Å²) in [6.45, 7) is 0.683. The minimum Gasteiger partial charge on any atom is -0.507 e. The van der Waals surface area contributed by atoms with Crippen LogP contribution in [0.3, 0.4) is 0 Å². The smallest absolute Gasteiger partial charge is 0.303 e. The van der Waals surface area contributed by atoms with Crippen molar-refractivity contribution >= 4 is 11.7 Å².